The van der Waals surface area contributed by atoms with E-state index in [-0.39, 0.29) is 24.9 Å². The first-order valence-electron chi connectivity index (χ1n) is 8.99. The van der Waals surface area contributed by atoms with Crippen LogP contribution in [-0.2, 0) is 16.1 Å². The van der Waals surface area contributed by atoms with Crippen LogP contribution in [0.3, 0.4) is 0 Å². The molecule has 154 valence electrons. The van der Waals surface area contributed by atoms with Gasteiger partial charge in [-0.1, -0.05) is 23.7 Å². The minimum absolute atomic E-state index is 0.187. The summed E-state index contributed by atoms with van der Waals surface area (Å²) in [5, 5.41) is 4.37. The lowest BCUT2D eigenvalue weighted by Gasteiger charge is -2.25. The van der Waals surface area contributed by atoms with Gasteiger partial charge in [0, 0.05) is 13.1 Å². The van der Waals surface area contributed by atoms with E-state index in [1.807, 2.05) is 4.90 Å². The van der Waals surface area contributed by atoms with E-state index in [4.69, 9.17) is 21.1 Å². The molecule has 0 saturated carbocycles. The number of halogens is 3. The molecule has 0 atom stereocenters. The number of morpholine rings is 1. The van der Waals surface area contributed by atoms with Crippen molar-refractivity contribution in [2.45, 2.75) is 6.61 Å². The second-order valence-corrected chi connectivity index (χ2v) is 7.67. The van der Waals surface area contributed by atoms with Gasteiger partial charge in [-0.2, -0.15) is 5.10 Å². The molecule has 1 saturated heterocycles. The maximum Gasteiger partial charge on any atom is 0.254 e. The number of carbonyl (C=O) groups excluding carboxylic acids is 1. The van der Waals surface area contributed by atoms with Gasteiger partial charge in [0.1, 0.15) is 12.4 Å². The van der Waals surface area contributed by atoms with Crippen LogP contribution in [0, 0.1) is 5.82 Å². The summed E-state index contributed by atoms with van der Waals surface area (Å²) in [5.74, 6) is -0.00861. The SMILES string of the molecule is O=C(CN1CCOCC1)N/N=C/c1cc(Cl)c(OCc2ccc(F)cc2)c(Br)c1. The third-order valence-electron chi connectivity index (χ3n) is 4.19. The van der Waals surface area contributed by atoms with Crippen molar-refractivity contribution in [1.82, 2.24) is 10.3 Å². The third-order valence-corrected chi connectivity index (χ3v) is 5.06. The molecule has 0 aromatic heterocycles. The summed E-state index contributed by atoms with van der Waals surface area (Å²) >= 11 is 9.75. The van der Waals surface area contributed by atoms with Crippen LogP contribution in [0.4, 0.5) is 4.39 Å². The van der Waals surface area contributed by atoms with Gasteiger partial charge in [0.25, 0.3) is 5.91 Å². The molecule has 2 aromatic carbocycles. The largest absolute Gasteiger partial charge is 0.486 e. The zero-order chi connectivity index (χ0) is 20.6. The van der Waals surface area contributed by atoms with Crippen LogP contribution < -0.4 is 10.2 Å². The molecule has 3 rings (SSSR count). The highest BCUT2D eigenvalue weighted by atomic mass is 79.9. The molecule has 1 amide bonds. The zero-order valence-corrected chi connectivity index (χ0v) is 17.9. The normalized spacial score (nSPS) is 14.9. The van der Waals surface area contributed by atoms with Gasteiger partial charge in [0.05, 0.1) is 35.5 Å². The van der Waals surface area contributed by atoms with E-state index >= 15 is 0 Å². The van der Waals surface area contributed by atoms with E-state index < -0.39 is 0 Å². The van der Waals surface area contributed by atoms with Gasteiger partial charge in [0.15, 0.2) is 5.75 Å². The van der Waals surface area contributed by atoms with Crippen molar-refractivity contribution in [1.29, 1.82) is 0 Å². The van der Waals surface area contributed by atoms with E-state index in [1.165, 1.54) is 18.3 Å². The number of hydrogen-bond acceptors (Lipinski definition) is 5. The molecule has 1 aliphatic heterocycles. The zero-order valence-electron chi connectivity index (χ0n) is 15.5. The molecule has 9 heteroatoms. The van der Waals surface area contributed by atoms with E-state index in [9.17, 15) is 9.18 Å². The number of nitrogens with zero attached hydrogens (tertiary/aromatic N) is 2. The monoisotopic (exact) mass is 483 g/mol. The molecule has 0 radical (unpaired) electrons. The Morgan fingerprint density at radius 1 is 1.31 bits per heavy atom. The lowest BCUT2D eigenvalue weighted by atomic mass is 10.2. The summed E-state index contributed by atoms with van der Waals surface area (Å²) in [4.78, 5) is 14.0. The van der Waals surface area contributed by atoms with Gasteiger partial charge in [-0.3, -0.25) is 9.69 Å². The van der Waals surface area contributed by atoms with E-state index in [2.05, 4.69) is 26.5 Å². The van der Waals surface area contributed by atoms with Crippen molar-refractivity contribution in [3.05, 3.63) is 62.8 Å². The standard InChI is InChI=1S/C20H20BrClFN3O3/c21-17-9-15(11-24-25-19(27)12-26-5-7-28-8-6-26)10-18(22)20(17)29-13-14-1-3-16(23)4-2-14/h1-4,9-11H,5-8,12-13H2,(H,25,27)/b24-11+. The number of benzene rings is 2. The first-order valence-corrected chi connectivity index (χ1v) is 10.2. The van der Waals surface area contributed by atoms with Gasteiger partial charge in [-0.25, -0.2) is 9.82 Å². The molecule has 1 N–H and O–H groups in total. The smallest absolute Gasteiger partial charge is 0.254 e. The van der Waals surface area contributed by atoms with Gasteiger partial charge in [0.2, 0.25) is 0 Å². The number of nitrogens with one attached hydrogen (secondary N) is 1. The Morgan fingerprint density at radius 3 is 2.72 bits per heavy atom. The van der Waals surface area contributed by atoms with Crippen LogP contribution >= 0.6 is 27.5 Å². The minimum Gasteiger partial charge on any atom is -0.486 e. The first kappa shape index (κ1) is 21.7. The predicted octanol–water partition coefficient (Wildman–Crippen LogP) is 3.60. The van der Waals surface area contributed by atoms with Crippen LogP contribution in [-0.4, -0.2) is 49.9 Å². The Labute approximate surface area is 181 Å². The fourth-order valence-electron chi connectivity index (χ4n) is 2.70. The summed E-state index contributed by atoms with van der Waals surface area (Å²) in [6.45, 7) is 3.28. The molecule has 0 unspecified atom stereocenters. The van der Waals surface area contributed by atoms with E-state index in [0.717, 1.165) is 18.7 Å². The molecule has 0 aliphatic carbocycles. The summed E-state index contributed by atoms with van der Waals surface area (Å²) < 4.78 is 24.6. The van der Waals surface area contributed by atoms with Gasteiger partial charge < -0.3 is 9.47 Å². The molecule has 0 bridgehead atoms. The fourth-order valence-corrected chi connectivity index (χ4v) is 3.69. The lowest BCUT2D eigenvalue weighted by molar-refractivity contribution is -0.123. The van der Waals surface area contributed by atoms with Crippen molar-refractivity contribution in [2.24, 2.45) is 5.10 Å². The number of rotatable bonds is 7. The van der Waals surface area contributed by atoms with Crippen molar-refractivity contribution >= 4 is 39.7 Å². The highest BCUT2D eigenvalue weighted by Gasteiger charge is 2.13. The van der Waals surface area contributed by atoms with Crippen LogP contribution in [0.2, 0.25) is 5.02 Å². The molecule has 6 nitrogen and oxygen atoms in total. The number of hydrogen-bond donors (Lipinski definition) is 1. The second kappa shape index (κ2) is 10.7. The Bertz CT molecular complexity index is 851. The molecule has 29 heavy (non-hydrogen) atoms. The maximum absolute atomic E-state index is 13.0. The molecule has 1 aliphatic rings. The van der Waals surface area contributed by atoms with Gasteiger partial charge in [-0.05, 0) is 51.3 Å². The minimum atomic E-state index is -0.298. The predicted molar refractivity (Wildman–Crippen MR) is 113 cm³/mol. The van der Waals surface area contributed by atoms with E-state index in [0.29, 0.717) is 34.0 Å². The van der Waals surface area contributed by atoms with E-state index in [1.54, 1.807) is 24.3 Å². The molecule has 1 heterocycles. The molecule has 2 aromatic rings. The van der Waals surface area contributed by atoms with Crippen LogP contribution in [0.5, 0.6) is 5.75 Å². The average molecular weight is 485 g/mol. The Morgan fingerprint density at radius 2 is 2.03 bits per heavy atom. The summed E-state index contributed by atoms with van der Waals surface area (Å²) in [7, 11) is 0. The first-order chi connectivity index (χ1) is 14.0. The highest BCUT2D eigenvalue weighted by molar-refractivity contribution is 9.10. The van der Waals surface area contributed by atoms with Crippen molar-refractivity contribution in [2.75, 3.05) is 32.8 Å². The summed E-state index contributed by atoms with van der Waals surface area (Å²) in [6, 6.07) is 9.52. The van der Waals surface area contributed by atoms with Gasteiger partial charge >= 0.3 is 0 Å². The van der Waals surface area contributed by atoms with Crippen molar-refractivity contribution in [3.63, 3.8) is 0 Å². The van der Waals surface area contributed by atoms with Crippen molar-refractivity contribution < 1.29 is 18.7 Å². The Balaban J connectivity index is 1.54. The number of ether oxygens (including phenoxy) is 2. The van der Waals surface area contributed by atoms with Crippen LogP contribution in [0.15, 0.2) is 46.0 Å². The number of hydrazone groups is 1. The number of carbonyl (C=O) groups is 1. The van der Waals surface area contributed by atoms with Crippen molar-refractivity contribution in [3.8, 4) is 5.75 Å². The maximum atomic E-state index is 13.0. The Kier molecular flexibility index (Phi) is 8.00. The lowest BCUT2D eigenvalue weighted by Crippen LogP contribution is -2.42. The summed E-state index contributed by atoms with van der Waals surface area (Å²) in [6.07, 6.45) is 1.51. The Hall–Kier alpha value is -2.00. The number of amides is 1. The molecule has 1 fully saturated rings. The molecule has 0 spiro atoms. The fraction of sp³-hybridized carbons (Fsp3) is 0.300. The van der Waals surface area contributed by atoms with Gasteiger partial charge in [-0.15, -0.1) is 0 Å². The quantitative estimate of drug-likeness (QED) is 0.482. The average Bonchev–Trinajstić information content (AvgIpc) is 2.69. The molecular weight excluding hydrogens is 465 g/mol. The molecular formula is C20H20BrClFN3O3. The summed E-state index contributed by atoms with van der Waals surface area (Å²) in [5.41, 5.74) is 4.03. The second-order valence-electron chi connectivity index (χ2n) is 6.41. The van der Waals surface area contributed by atoms with Crippen LogP contribution in [0.25, 0.3) is 0 Å². The highest BCUT2D eigenvalue weighted by Crippen LogP contribution is 2.34. The third kappa shape index (κ3) is 6.78. The topological polar surface area (TPSA) is 63.2 Å². The van der Waals surface area contributed by atoms with Crippen LogP contribution in [0.1, 0.15) is 11.1 Å².